The van der Waals surface area contributed by atoms with Crippen molar-refractivity contribution in [3.63, 3.8) is 0 Å². The van der Waals surface area contributed by atoms with Crippen LogP contribution < -0.4 is 5.32 Å². The Morgan fingerprint density at radius 3 is 2.71 bits per heavy atom. The smallest absolute Gasteiger partial charge is 0.275 e. The van der Waals surface area contributed by atoms with Crippen molar-refractivity contribution in [1.82, 2.24) is 15.0 Å². The number of nitrogens with one attached hydrogen (secondary N) is 1. The molecule has 5 nitrogen and oxygen atoms in total. The molecule has 3 aromatic rings. The number of benzene rings is 1. The minimum absolute atomic E-state index is 0.296. The zero-order valence-electron chi connectivity index (χ0n) is 12.5. The number of rotatable bonds is 5. The van der Waals surface area contributed by atoms with Crippen LogP contribution in [0.4, 0.5) is 5.69 Å². The Morgan fingerprint density at radius 1 is 1.12 bits per heavy atom. The number of anilines is 1. The summed E-state index contributed by atoms with van der Waals surface area (Å²) in [5.41, 5.74) is 2.09. The van der Waals surface area contributed by atoms with Gasteiger partial charge < -0.3 is 5.32 Å². The molecule has 0 bridgehead atoms. The molecular formula is C17H13BrN4OS. The molecule has 0 saturated heterocycles. The third-order valence-electron chi connectivity index (χ3n) is 3.07. The topological polar surface area (TPSA) is 67.8 Å². The van der Waals surface area contributed by atoms with Crippen molar-refractivity contribution in [3.05, 3.63) is 76.8 Å². The minimum Gasteiger partial charge on any atom is -0.319 e. The molecule has 1 N–H and O–H groups in total. The summed E-state index contributed by atoms with van der Waals surface area (Å²) in [6.07, 6.45) is 4.82. The fraction of sp³-hybridized carbons (Fsp3) is 0.0588. The van der Waals surface area contributed by atoms with Crippen LogP contribution in [0.25, 0.3) is 0 Å². The number of nitrogens with zero attached hydrogens (tertiary/aromatic N) is 3. The van der Waals surface area contributed by atoms with Crippen LogP contribution >= 0.6 is 27.7 Å². The molecule has 0 fully saturated rings. The van der Waals surface area contributed by atoms with Crippen LogP contribution in [0.5, 0.6) is 0 Å². The summed E-state index contributed by atoms with van der Waals surface area (Å²) in [5.74, 6) is 0.436. The first kappa shape index (κ1) is 16.6. The Morgan fingerprint density at radius 2 is 1.96 bits per heavy atom. The van der Waals surface area contributed by atoms with Crippen molar-refractivity contribution in [2.75, 3.05) is 5.32 Å². The third kappa shape index (κ3) is 4.39. The number of hydrogen-bond donors (Lipinski definition) is 1. The van der Waals surface area contributed by atoms with Gasteiger partial charge in [-0.3, -0.25) is 9.78 Å². The summed E-state index contributed by atoms with van der Waals surface area (Å²) >= 11 is 4.81. The highest BCUT2D eigenvalue weighted by Crippen LogP contribution is 2.22. The van der Waals surface area contributed by atoms with E-state index in [-0.39, 0.29) is 5.91 Å². The second kappa shape index (κ2) is 8.03. The van der Waals surface area contributed by atoms with Crippen LogP contribution in [0, 0.1) is 0 Å². The maximum absolute atomic E-state index is 12.4. The average molecular weight is 401 g/mol. The van der Waals surface area contributed by atoms with Gasteiger partial charge in [0.05, 0.1) is 16.4 Å². The first-order valence-electron chi connectivity index (χ1n) is 7.13. The van der Waals surface area contributed by atoms with E-state index in [1.807, 2.05) is 30.3 Å². The quantitative estimate of drug-likeness (QED) is 0.513. The van der Waals surface area contributed by atoms with Gasteiger partial charge >= 0.3 is 0 Å². The monoisotopic (exact) mass is 400 g/mol. The largest absolute Gasteiger partial charge is 0.319 e. The number of hydrogen-bond acceptors (Lipinski definition) is 5. The molecular weight excluding hydrogens is 388 g/mol. The van der Waals surface area contributed by atoms with Crippen molar-refractivity contribution < 1.29 is 4.79 Å². The predicted molar refractivity (Wildman–Crippen MR) is 97.9 cm³/mol. The molecule has 3 rings (SSSR count). The molecule has 1 amide bonds. The molecule has 0 spiro atoms. The van der Waals surface area contributed by atoms with Gasteiger partial charge in [0.1, 0.15) is 5.69 Å². The zero-order chi connectivity index (χ0) is 16.8. The lowest BCUT2D eigenvalue weighted by Crippen LogP contribution is -2.15. The Hall–Kier alpha value is -2.25. The normalized spacial score (nSPS) is 10.4. The highest BCUT2D eigenvalue weighted by Gasteiger charge is 2.14. The molecule has 0 saturated carbocycles. The van der Waals surface area contributed by atoms with Gasteiger partial charge in [-0.1, -0.05) is 42.1 Å². The maximum Gasteiger partial charge on any atom is 0.275 e. The summed E-state index contributed by atoms with van der Waals surface area (Å²) < 4.78 is 0.549. The third-order valence-corrected chi connectivity index (χ3v) is 4.58. The van der Waals surface area contributed by atoms with E-state index in [0.29, 0.717) is 21.0 Å². The summed E-state index contributed by atoms with van der Waals surface area (Å²) in [5, 5.41) is 3.32. The summed E-state index contributed by atoms with van der Waals surface area (Å²) in [7, 11) is 0. The van der Waals surface area contributed by atoms with Gasteiger partial charge in [-0.25, -0.2) is 9.97 Å². The first-order valence-corrected chi connectivity index (χ1v) is 8.91. The number of amides is 1. The zero-order valence-corrected chi connectivity index (χ0v) is 14.9. The molecule has 7 heteroatoms. The van der Waals surface area contributed by atoms with E-state index in [4.69, 9.17) is 0 Å². The van der Waals surface area contributed by atoms with Gasteiger partial charge in [-0.05, 0) is 33.6 Å². The second-order valence-electron chi connectivity index (χ2n) is 4.82. The van der Waals surface area contributed by atoms with Gasteiger partial charge in [0.15, 0.2) is 5.16 Å². The molecule has 24 heavy (non-hydrogen) atoms. The molecule has 0 aliphatic heterocycles. The van der Waals surface area contributed by atoms with Gasteiger partial charge in [0, 0.05) is 18.1 Å². The van der Waals surface area contributed by atoms with Crippen LogP contribution in [0.3, 0.4) is 0 Å². The predicted octanol–water partition coefficient (Wildman–Crippen LogP) is 4.18. The molecule has 0 radical (unpaired) electrons. The molecule has 0 unspecified atom stereocenters. The fourth-order valence-electron chi connectivity index (χ4n) is 1.93. The van der Waals surface area contributed by atoms with Crippen LogP contribution in [0.15, 0.2) is 70.7 Å². The summed E-state index contributed by atoms with van der Waals surface area (Å²) in [6.45, 7) is 0. The number of aromatic nitrogens is 3. The standard InChI is InChI=1S/C17H13BrN4OS/c18-14-10-20-17(24-11-12-5-2-1-3-6-12)22-15(14)16(23)21-13-7-4-8-19-9-13/h1-10H,11H2,(H,21,23). The van der Waals surface area contributed by atoms with Crippen LogP contribution in [-0.2, 0) is 5.75 Å². The van der Waals surface area contributed by atoms with Crippen molar-refractivity contribution >= 4 is 39.3 Å². The van der Waals surface area contributed by atoms with Crippen LogP contribution in [0.1, 0.15) is 16.1 Å². The minimum atomic E-state index is -0.307. The molecule has 0 atom stereocenters. The van der Waals surface area contributed by atoms with Gasteiger partial charge in [-0.15, -0.1) is 0 Å². The summed E-state index contributed by atoms with van der Waals surface area (Å²) in [6, 6.07) is 13.6. The van der Waals surface area contributed by atoms with Crippen molar-refractivity contribution in [2.24, 2.45) is 0 Å². The highest BCUT2D eigenvalue weighted by atomic mass is 79.9. The van der Waals surface area contributed by atoms with Crippen molar-refractivity contribution in [3.8, 4) is 0 Å². The van der Waals surface area contributed by atoms with E-state index in [9.17, 15) is 4.79 Å². The molecule has 120 valence electrons. The molecule has 0 aliphatic carbocycles. The lowest BCUT2D eigenvalue weighted by atomic mass is 10.2. The molecule has 2 aromatic heterocycles. The van der Waals surface area contributed by atoms with Crippen LogP contribution in [0.2, 0.25) is 0 Å². The Kier molecular flexibility index (Phi) is 5.55. The Labute approximate surface area is 152 Å². The number of carbonyl (C=O) groups is 1. The van der Waals surface area contributed by atoms with E-state index in [2.05, 4.69) is 36.2 Å². The van der Waals surface area contributed by atoms with Crippen molar-refractivity contribution in [2.45, 2.75) is 10.9 Å². The molecule has 2 heterocycles. The number of halogens is 1. The molecule has 1 aromatic carbocycles. The number of thioether (sulfide) groups is 1. The maximum atomic E-state index is 12.4. The fourth-order valence-corrected chi connectivity index (χ4v) is 3.07. The first-order chi connectivity index (χ1) is 11.7. The van der Waals surface area contributed by atoms with E-state index in [1.54, 1.807) is 30.7 Å². The van der Waals surface area contributed by atoms with Crippen molar-refractivity contribution in [1.29, 1.82) is 0 Å². The Bertz CT molecular complexity index is 831. The average Bonchev–Trinajstić information content (AvgIpc) is 2.62. The highest BCUT2D eigenvalue weighted by molar-refractivity contribution is 9.10. The van der Waals surface area contributed by atoms with Gasteiger partial charge in [0.2, 0.25) is 0 Å². The number of pyridine rings is 1. The lowest BCUT2D eigenvalue weighted by molar-refractivity contribution is 0.102. The Balaban J connectivity index is 1.72. The van der Waals surface area contributed by atoms with Gasteiger partial charge in [0.25, 0.3) is 5.91 Å². The van der Waals surface area contributed by atoms with E-state index >= 15 is 0 Å². The van der Waals surface area contributed by atoms with Gasteiger partial charge in [-0.2, -0.15) is 0 Å². The lowest BCUT2D eigenvalue weighted by Gasteiger charge is -2.07. The summed E-state index contributed by atoms with van der Waals surface area (Å²) in [4.78, 5) is 25.0. The van der Waals surface area contributed by atoms with Crippen LogP contribution in [-0.4, -0.2) is 20.9 Å². The van der Waals surface area contributed by atoms with E-state index in [1.165, 1.54) is 17.3 Å². The van der Waals surface area contributed by atoms with E-state index in [0.717, 1.165) is 5.75 Å². The number of carbonyl (C=O) groups excluding carboxylic acids is 1. The SMILES string of the molecule is O=C(Nc1cccnc1)c1nc(SCc2ccccc2)ncc1Br. The van der Waals surface area contributed by atoms with E-state index < -0.39 is 0 Å². The second-order valence-corrected chi connectivity index (χ2v) is 6.62. The molecule has 0 aliphatic rings.